The van der Waals surface area contributed by atoms with Crippen molar-refractivity contribution in [1.82, 2.24) is 4.98 Å². The lowest BCUT2D eigenvalue weighted by molar-refractivity contribution is -0.119. The summed E-state index contributed by atoms with van der Waals surface area (Å²) in [6, 6.07) is 21.9. The average Bonchev–Trinajstić information content (AvgIpc) is 3.29. The Bertz CT molecular complexity index is 1500. The van der Waals surface area contributed by atoms with Gasteiger partial charge in [0.25, 0.3) is 5.91 Å². The number of rotatable bonds is 6. The molecule has 0 fully saturated rings. The van der Waals surface area contributed by atoms with E-state index >= 15 is 0 Å². The Kier molecular flexibility index (Phi) is 6.73. The van der Waals surface area contributed by atoms with Gasteiger partial charge >= 0.3 is 5.97 Å². The van der Waals surface area contributed by atoms with Crippen molar-refractivity contribution in [3.8, 4) is 5.75 Å². The molecule has 180 valence electrons. The fourth-order valence-corrected chi connectivity index (χ4v) is 4.84. The number of thioether (sulfide) groups is 1. The van der Waals surface area contributed by atoms with E-state index in [9.17, 15) is 14.7 Å². The number of nitrogens with one attached hydrogen (secondary N) is 1. The number of esters is 1. The number of amides is 1. The van der Waals surface area contributed by atoms with E-state index in [1.54, 1.807) is 30.0 Å². The van der Waals surface area contributed by atoms with Crippen LogP contribution in [0, 0.1) is 0 Å². The van der Waals surface area contributed by atoms with E-state index in [0.29, 0.717) is 28.6 Å². The smallest absolute Gasteiger partial charge is 0.339 e. The van der Waals surface area contributed by atoms with Gasteiger partial charge in [-0.25, -0.2) is 9.78 Å². The molecule has 0 spiro atoms. The molecule has 1 amide bonds. The van der Waals surface area contributed by atoms with Gasteiger partial charge in [0.1, 0.15) is 5.75 Å². The minimum Gasteiger partial charge on any atom is -0.508 e. The Morgan fingerprint density at radius 3 is 2.67 bits per heavy atom. The topological polar surface area (TPSA) is 88.5 Å². The number of allylic oxidation sites excluding steroid dienone is 1. The maximum Gasteiger partial charge on any atom is 0.339 e. The molecule has 1 aliphatic rings. The molecule has 0 atom stereocenters. The van der Waals surface area contributed by atoms with Gasteiger partial charge in [-0.3, -0.25) is 4.79 Å². The van der Waals surface area contributed by atoms with Crippen molar-refractivity contribution >= 4 is 51.9 Å². The van der Waals surface area contributed by atoms with Crippen LogP contribution in [0.4, 0.5) is 5.69 Å². The Balaban J connectivity index is 1.41. The van der Waals surface area contributed by atoms with Crippen molar-refractivity contribution < 1.29 is 19.4 Å². The van der Waals surface area contributed by atoms with E-state index in [-0.39, 0.29) is 12.4 Å². The van der Waals surface area contributed by atoms with Gasteiger partial charge in [0.15, 0.2) is 6.61 Å². The number of anilines is 1. The van der Waals surface area contributed by atoms with Crippen LogP contribution in [0.1, 0.15) is 33.6 Å². The number of benzene rings is 3. The second kappa shape index (κ2) is 10.3. The molecular weight excluding hydrogens is 472 g/mol. The Morgan fingerprint density at radius 2 is 1.86 bits per heavy atom. The number of hydrogen-bond donors (Lipinski definition) is 2. The number of phenolic OH excluding ortho intramolecular Hbond substituents is 1. The van der Waals surface area contributed by atoms with Gasteiger partial charge < -0.3 is 15.2 Å². The van der Waals surface area contributed by atoms with Crippen LogP contribution >= 0.6 is 11.8 Å². The maximum atomic E-state index is 13.3. The van der Waals surface area contributed by atoms with Gasteiger partial charge in [-0.15, -0.1) is 11.8 Å². The standard InChI is InChI=1S/C29H24N2O4S/c1-36-22-6-4-5-20(16-22)30-26(33)17-35-29(34)27-23-7-2-3-8-25(23)31-28-19(11-14-24(27)28)15-18-9-12-21(32)13-10-18/h2-10,12-13,15-16,32H,11,14,17H2,1H3,(H,30,33)/b19-15+. The summed E-state index contributed by atoms with van der Waals surface area (Å²) in [5.74, 6) is -0.729. The number of phenols is 1. The summed E-state index contributed by atoms with van der Waals surface area (Å²) in [6.07, 6.45) is 5.37. The van der Waals surface area contributed by atoms with Crippen LogP contribution < -0.4 is 5.32 Å². The SMILES string of the molecule is CSc1cccc(NC(=O)COC(=O)c2c3c(nc4ccccc24)/C(=C/c2ccc(O)cc2)CC3)c1. The van der Waals surface area contributed by atoms with Gasteiger partial charge in [0, 0.05) is 16.0 Å². The van der Waals surface area contributed by atoms with Crippen LogP contribution in [0.15, 0.2) is 77.7 Å². The predicted octanol–water partition coefficient (Wildman–Crippen LogP) is 5.94. The van der Waals surface area contributed by atoms with Crippen molar-refractivity contribution in [2.45, 2.75) is 17.7 Å². The molecule has 1 heterocycles. The van der Waals surface area contributed by atoms with E-state index in [0.717, 1.165) is 33.7 Å². The van der Waals surface area contributed by atoms with Gasteiger partial charge in [-0.2, -0.15) is 0 Å². The second-order valence-electron chi connectivity index (χ2n) is 8.45. The van der Waals surface area contributed by atoms with Crippen LogP contribution in [0.3, 0.4) is 0 Å². The van der Waals surface area contributed by atoms with Crippen molar-refractivity contribution in [1.29, 1.82) is 0 Å². The monoisotopic (exact) mass is 496 g/mol. The number of nitrogens with zero attached hydrogens (tertiary/aromatic N) is 1. The first-order chi connectivity index (χ1) is 17.5. The number of ether oxygens (including phenoxy) is 1. The first kappa shape index (κ1) is 23.6. The van der Waals surface area contributed by atoms with Crippen molar-refractivity contribution in [3.05, 3.63) is 95.2 Å². The predicted molar refractivity (Wildman–Crippen MR) is 143 cm³/mol. The van der Waals surface area contributed by atoms with Gasteiger partial charge in [0.2, 0.25) is 0 Å². The van der Waals surface area contributed by atoms with Crippen LogP contribution in [0.5, 0.6) is 5.75 Å². The first-order valence-electron chi connectivity index (χ1n) is 11.5. The summed E-state index contributed by atoms with van der Waals surface area (Å²) < 4.78 is 5.49. The Morgan fingerprint density at radius 1 is 1.06 bits per heavy atom. The lowest BCUT2D eigenvalue weighted by atomic mass is 10.0. The zero-order chi connectivity index (χ0) is 25.1. The number of carbonyl (C=O) groups excluding carboxylic acids is 2. The van der Waals surface area contributed by atoms with Crippen molar-refractivity contribution in [2.24, 2.45) is 0 Å². The fourth-order valence-electron chi connectivity index (χ4n) is 4.39. The third kappa shape index (κ3) is 4.97. The normalized spacial score (nSPS) is 13.5. The molecule has 7 heteroatoms. The number of para-hydroxylation sites is 1. The van der Waals surface area contributed by atoms with E-state index in [1.807, 2.05) is 66.9 Å². The lowest BCUT2D eigenvalue weighted by Gasteiger charge is -2.13. The van der Waals surface area contributed by atoms with Crippen LogP contribution in [-0.2, 0) is 16.0 Å². The zero-order valence-electron chi connectivity index (χ0n) is 19.7. The Hall–Kier alpha value is -4.10. The molecule has 3 aromatic carbocycles. The van der Waals surface area contributed by atoms with E-state index in [1.165, 1.54) is 0 Å². The molecular formula is C29H24N2O4S. The minimum absolute atomic E-state index is 0.208. The number of aromatic hydroxyl groups is 1. The van der Waals surface area contributed by atoms with Crippen LogP contribution in [-0.4, -0.2) is 34.8 Å². The number of hydrogen-bond acceptors (Lipinski definition) is 6. The molecule has 4 aromatic rings. The van der Waals surface area contributed by atoms with Gasteiger partial charge in [0.05, 0.1) is 16.8 Å². The van der Waals surface area contributed by atoms with Gasteiger partial charge in [-0.1, -0.05) is 36.4 Å². The molecule has 1 aromatic heterocycles. The summed E-state index contributed by atoms with van der Waals surface area (Å²) in [5.41, 5.74) is 5.37. The maximum absolute atomic E-state index is 13.3. The molecule has 0 radical (unpaired) electrons. The number of fused-ring (bicyclic) bond motifs is 2. The van der Waals surface area contributed by atoms with E-state index in [4.69, 9.17) is 9.72 Å². The highest BCUT2D eigenvalue weighted by Gasteiger charge is 2.28. The summed E-state index contributed by atoms with van der Waals surface area (Å²) in [5, 5.41) is 13.1. The number of aromatic nitrogens is 1. The quantitative estimate of drug-likeness (QED) is 0.254. The number of pyridine rings is 1. The zero-order valence-corrected chi connectivity index (χ0v) is 20.5. The molecule has 36 heavy (non-hydrogen) atoms. The highest BCUT2D eigenvalue weighted by molar-refractivity contribution is 7.98. The summed E-state index contributed by atoms with van der Waals surface area (Å²) in [7, 11) is 0. The lowest BCUT2D eigenvalue weighted by Crippen LogP contribution is -2.21. The molecule has 0 unspecified atom stereocenters. The molecule has 6 nitrogen and oxygen atoms in total. The Labute approximate surface area is 213 Å². The fraction of sp³-hybridized carbons (Fsp3) is 0.138. The second-order valence-corrected chi connectivity index (χ2v) is 9.33. The van der Waals surface area contributed by atoms with Gasteiger partial charge in [-0.05, 0) is 78.3 Å². The molecule has 5 rings (SSSR count). The molecule has 0 aliphatic heterocycles. The van der Waals surface area contributed by atoms with Crippen molar-refractivity contribution in [2.75, 3.05) is 18.2 Å². The highest BCUT2D eigenvalue weighted by atomic mass is 32.2. The third-order valence-electron chi connectivity index (χ3n) is 6.07. The summed E-state index contributed by atoms with van der Waals surface area (Å²) >= 11 is 1.58. The van der Waals surface area contributed by atoms with Crippen LogP contribution in [0.25, 0.3) is 22.6 Å². The third-order valence-corrected chi connectivity index (χ3v) is 6.79. The van der Waals surface area contributed by atoms with E-state index < -0.39 is 11.9 Å². The van der Waals surface area contributed by atoms with E-state index in [2.05, 4.69) is 5.32 Å². The molecule has 2 N–H and O–H groups in total. The minimum atomic E-state index is -0.538. The molecule has 1 aliphatic carbocycles. The average molecular weight is 497 g/mol. The largest absolute Gasteiger partial charge is 0.508 e. The number of carbonyl (C=O) groups is 2. The van der Waals surface area contributed by atoms with Crippen LogP contribution in [0.2, 0.25) is 0 Å². The molecule has 0 saturated heterocycles. The van der Waals surface area contributed by atoms with Crippen molar-refractivity contribution in [3.63, 3.8) is 0 Å². The highest BCUT2D eigenvalue weighted by Crippen LogP contribution is 2.38. The summed E-state index contributed by atoms with van der Waals surface area (Å²) in [4.78, 5) is 31.7. The molecule has 0 bridgehead atoms. The summed E-state index contributed by atoms with van der Waals surface area (Å²) in [6.45, 7) is -0.385. The first-order valence-corrected chi connectivity index (χ1v) is 12.8. The molecule has 0 saturated carbocycles.